The van der Waals surface area contributed by atoms with E-state index in [-0.39, 0.29) is 16.9 Å². The third-order valence-electron chi connectivity index (χ3n) is 2.53. The Balaban J connectivity index is 2.44. The third kappa shape index (κ3) is 2.15. The zero-order chi connectivity index (χ0) is 12.4. The van der Waals surface area contributed by atoms with E-state index in [1.165, 1.54) is 24.5 Å². The van der Waals surface area contributed by atoms with Crippen molar-refractivity contribution in [2.24, 2.45) is 0 Å². The molecule has 86 valence electrons. The Morgan fingerprint density at radius 2 is 2.12 bits per heavy atom. The van der Waals surface area contributed by atoms with Gasteiger partial charge in [-0.3, -0.25) is 9.78 Å². The molecule has 0 spiro atoms. The molecule has 2 aromatic rings. The molecule has 17 heavy (non-hydrogen) atoms. The summed E-state index contributed by atoms with van der Waals surface area (Å²) in [6.45, 7) is 1.64. The summed E-state index contributed by atoms with van der Waals surface area (Å²) in [5.41, 5.74) is 7.07. The van der Waals surface area contributed by atoms with Crippen LogP contribution in [0.1, 0.15) is 21.5 Å². The smallest absolute Gasteiger partial charge is 0.196 e. The fraction of sp³-hybridized carbons (Fsp3) is 0.0769. The topological polar surface area (TPSA) is 56.0 Å². The number of pyridine rings is 1. The molecule has 0 atom stereocenters. The second kappa shape index (κ2) is 4.33. The summed E-state index contributed by atoms with van der Waals surface area (Å²) < 4.78 is 13.4. The fourth-order valence-electron chi connectivity index (χ4n) is 1.48. The number of rotatable bonds is 2. The summed E-state index contributed by atoms with van der Waals surface area (Å²) in [6.07, 6.45) is 2.89. The van der Waals surface area contributed by atoms with Crippen LogP contribution in [-0.2, 0) is 0 Å². The van der Waals surface area contributed by atoms with E-state index in [4.69, 9.17) is 5.73 Å². The van der Waals surface area contributed by atoms with Gasteiger partial charge in [-0.15, -0.1) is 0 Å². The minimum Gasteiger partial charge on any atom is -0.398 e. The lowest BCUT2D eigenvalue weighted by Crippen LogP contribution is -2.06. The molecule has 1 aromatic carbocycles. The van der Waals surface area contributed by atoms with Crippen LogP contribution in [-0.4, -0.2) is 10.8 Å². The maximum atomic E-state index is 13.4. The number of nitrogens with zero attached hydrogens (tertiary/aromatic N) is 1. The normalized spacial score (nSPS) is 10.2. The molecule has 2 rings (SSSR count). The number of carbonyl (C=O) groups excluding carboxylic acids is 1. The van der Waals surface area contributed by atoms with Crippen molar-refractivity contribution >= 4 is 11.5 Å². The lowest BCUT2D eigenvalue weighted by molar-refractivity contribution is 0.103. The monoisotopic (exact) mass is 230 g/mol. The van der Waals surface area contributed by atoms with E-state index >= 15 is 0 Å². The number of ketones is 1. The van der Waals surface area contributed by atoms with Gasteiger partial charge in [-0.05, 0) is 24.6 Å². The fourth-order valence-corrected chi connectivity index (χ4v) is 1.48. The maximum Gasteiger partial charge on any atom is 0.196 e. The molecule has 0 aliphatic rings. The van der Waals surface area contributed by atoms with Gasteiger partial charge < -0.3 is 5.73 Å². The van der Waals surface area contributed by atoms with Crippen LogP contribution in [0.4, 0.5) is 10.1 Å². The Morgan fingerprint density at radius 1 is 1.35 bits per heavy atom. The number of hydrogen-bond donors (Lipinski definition) is 1. The Hall–Kier alpha value is -2.23. The van der Waals surface area contributed by atoms with Crippen molar-refractivity contribution in [1.82, 2.24) is 4.98 Å². The molecule has 0 bridgehead atoms. The van der Waals surface area contributed by atoms with Crippen molar-refractivity contribution in [2.75, 3.05) is 5.73 Å². The number of nitrogen functional groups attached to an aromatic ring is 1. The van der Waals surface area contributed by atoms with Gasteiger partial charge in [-0.1, -0.05) is 12.1 Å². The van der Waals surface area contributed by atoms with Crippen molar-refractivity contribution in [3.63, 3.8) is 0 Å². The van der Waals surface area contributed by atoms with Crippen LogP contribution >= 0.6 is 0 Å². The Kier molecular flexibility index (Phi) is 2.87. The molecule has 4 heteroatoms. The first-order valence-electron chi connectivity index (χ1n) is 5.10. The Bertz CT molecular complexity index is 581. The number of hydrogen-bond acceptors (Lipinski definition) is 3. The lowest BCUT2D eigenvalue weighted by Gasteiger charge is -2.05. The molecule has 1 aromatic heterocycles. The first-order chi connectivity index (χ1) is 8.09. The van der Waals surface area contributed by atoms with Crippen molar-refractivity contribution in [1.29, 1.82) is 0 Å². The van der Waals surface area contributed by atoms with Crippen LogP contribution in [0.25, 0.3) is 0 Å². The van der Waals surface area contributed by atoms with E-state index in [1.807, 2.05) is 0 Å². The molecule has 0 fully saturated rings. The predicted molar refractivity (Wildman–Crippen MR) is 63.2 cm³/mol. The molecule has 1 heterocycles. The number of halogens is 1. The molecule has 0 aliphatic heterocycles. The minimum absolute atomic E-state index is 0.271. The van der Waals surface area contributed by atoms with Crippen LogP contribution in [0.3, 0.4) is 0 Å². The summed E-state index contributed by atoms with van der Waals surface area (Å²) in [7, 11) is 0. The standard InChI is InChI=1S/C13H11FN2O/c1-8-2-3-9(6-11(8)14)13(17)10-7-16-5-4-12(10)15/h2-7H,1H3,(H2,15,16). The van der Waals surface area contributed by atoms with Crippen LogP contribution in [0, 0.1) is 12.7 Å². The van der Waals surface area contributed by atoms with Crippen molar-refractivity contribution in [3.05, 3.63) is 59.2 Å². The highest BCUT2D eigenvalue weighted by Crippen LogP contribution is 2.17. The van der Waals surface area contributed by atoms with Gasteiger partial charge in [0.25, 0.3) is 0 Å². The van der Waals surface area contributed by atoms with Crippen LogP contribution in [0.15, 0.2) is 36.7 Å². The van der Waals surface area contributed by atoms with Crippen molar-refractivity contribution in [3.8, 4) is 0 Å². The summed E-state index contributed by atoms with van der Waals surface area (Å²) >= 11 is 0. The summed E-state index contributed by atoms with van der Waals surface area (Å²) in [6, 6.07) is 5.89. The van der Waals surface area contributed by atoms with Gasteiger partial charge in [-0.25, -0.2) is 4.39 Å². The van der Waals surface area contributed by atoms with Gasteiger partial charge in [0.1, 0.15) is 5.82 Å². The largest absolute Gasteiger partial charge is 0.398 e. The van der Waals surface area contributed by atoms with Crippen LogP contribution < -0.4 is 5.73 Å². The highest BCUT2D eigenvalue weighted by Gasteiger charge is 2.13. The van der Waals surface area contributed by atoms with E-state index in [1.54, 1.807) is 19.1 Å². The van der Waals surface area contributed by atoms with Crippen molar-refractivity contribution < 1.29 is 9.18 Å². The third-order valence-corrected chi connectivity index (χ3v) is 2.53. The summed E-state index contributed by atoms with van der Waals surface area (Å²) in [5.74, 6) is -0.729. The van der Waals surface area contributed by atoms with Gasteiger partial charge in [0.2, 0.25) is 0 Å². The Morgan fingerprint density at radius 3 is 2.76 bits per heavy atom. The summed E-state index contributed by atoms with van der Waals surface area (Å²) in [4.78, 5) is 15.9. The second-order valence-corrected chi connectivity index (χ2v) is 3.76. The second-order valence-electron chi connectivity index (χ2n) is 3.76. The molecule has 0 saturated carbocycles. The molecule has 0 aliphatic carbocycles. The average molecular weight is 230 g/mol. The molecule has 0 amide bonds. The number of aromatic nitrogens is 1. The number of anilines is 1. The molecular formula is C13H11FN2O. The van der Waals surface area contributed by atoms with Gasteiger partial charge in [0.05, 0.1) is 5.56 Å². The van der Waals surface area contributed by atoms with Crippen LogP contribution in [0.5, 0.6) is 0 Å². The van der Waals surface area contributed by atoms with E-state index in [0.29, 0.717) is 11.3 Å². The number of nitrogens with two attached hydrogens (primary N) is 1. The van der Waals surface area contributed by atoms with Crippen molar-refractivity contribution in [2.45, 2.75) is 6.92 Å². The number of benzene rings is 1. The van der Waals surface area contributed by atoms with E-state index in [2.05, 4.69) is 4.98 Å². The molecule has 0 unspecified atom stereocenters. The lowest BCUT2D eigenvalue weighted by atomic mass is 10.0. The molecule has 0 saturated heterocycles. The average Bonchev–Trinajstić information content (AvgIpc) is 2.32. The van der Waals surface area contributed by atoms with Crippen LogP contribution in [0.2, 0.25) is 0 Å². The zero-order valence-corrected chi connectivity index (χ0v) is 9.27. The Labute approximate surface area is 98.1 Å². The molecule has 0 radical (unpaired) electrons. The van der Waals surface area contributed by atoms with Gasteiger partial charge in [0.15, 0.2) is 5.78 Å². The maximum absolute atomic E-state index is 13.4. The minimum atomic E-state index is -0.404. The van der Waals surface area contributed by atoms with Gasteiger partial charge in [-0.2, -0.15) is 0 Å². The number of carbonyl (C=O) groups is 1. The summed E-state index contributed by atoms with van der Waals surface area (Å²) in [5, 5.41) is 0. The molecule has 2 N–H and O–H groups in total. The zero-order valence-electron chi connectivity index (χ0n) is 9.27. The van der Waals surface area contributed by atoms with Gasteiger partial charge >= 0.3 is 0 Å². The van der Waals surface area contributed by atoms with E-state index < -0.39 is 5.82 Å². The van der Waals surface area contributed by atoms with E-state index in [0.717, 1.165) is 0 Å². The highest BCUT2D eigenvalue weighted by atomic mass is 19.1. The SMILES string of the molecule is Cc1ccc(C(=O)c2cnccc2N)cc1F. The molecule has 3 nitrogen and oxygen atoms in total. The number of aryl methyl sites for hydroxylation is 1. The first-order valence-corrected chi connectivity index (χ1v) is 5.10. The predicted octanol–water partition coefficient (Wildman–Crippen LogP) is 2.34. The van der Waals surface area contributed by atoms with E-state index in [9.17, 15) is 9.18 Å². The quantitative estimate of drug-likeness (QED) is 0.805. The first kappa shape index (κ1) is 11.3. The van der Waals surface area contributed by atoms with Gasteiger partial charge in [0, 0.05) is 23.6 Å². The highest BCUT2D eigenvalue weighted by molar-refractivity contribution is 6.11. The molecular weight excluding hydrogens is 219 g/mol.